The average molecular weight is 464 g/mol. The smallest absolute Gasteiger partial charge is 0.161 e. The highest BCUT2D eigenvalue weighted by atomic mass is 32.2. The molecule has 1 N–H and O–H groups in total. The van der Waals surface area contributed by atoms with Gasteiger partial charge in [0.2, 0.25) is 0 Å². The highest BCUT2D eigenvalue weighted by Gasteiger charge is 2.36. The Morgan fingerprint density at radius 1 is 0.939 bits per heavy atom. The number of nitrogens with zero attached hydrogens (tertiary/aromatic N) is 6. The maximum Gasteiger partial charge on any atom is 0.161 e. The molecule has 1 aliphatic rings. The minimum atomic E-state index is -3.02. The Morgan fingerprint density at radius 3 is 2.24 bits per heavy atom. The normalized spacial score (nSPS) is 18.2. The topological polar surface area (TPSA) is 108 Å². The minimum Gasteiger partial charge on any atom is -0.367 e. The van der Waals surface area contributed by atoms with E-state index in [1.165, 1.54) is 6.26 Å². The minimum absolute atomic E-state index is 0.0459. The summed E-state index contributed by atoms with van der Waals surface area (Å²) in [6.45, 7) is 0. The van der Waals surface area contributed by atoms with Crippen molar-refractivity contribution in [3.8, 4) is 33.6 Å². The van der Waals surface area contributed by atoms with Crippen molar-refractivity contribution in [1.29, 1.82) is 0 Å². The van der Waals surface area contributed by atoms with Crippen LogP contribution in [0.4, 0.5) is 5.82 Å². The zero-order chi connectivity index (χ0) is 23.2. The summed E-state index contributed by atoms with van der Waals surface area (Å²) in [5.41, 5.74) is 4.67. The van der Waals surface area contributed by atoms with Gasteiger partial charge in [0.25, 0.3) is 0 Å². The standard InChI is InChI=1S/C23H25N7O2S/c1-29-13-17(10-25-29)15-5-4-6-16(7-15)22-24-12-21(18-11-26-30(2)14-18)23(28-22)27-19-8-20(9-19)33(3,31)32/h4-7,10-14,19-20H,8-9H2,1-3H3,(H,24,27,28). The van der Waals surface area contributed by atoms with E-state index in [0.29, 0.717) is 24.5 Å². The second kappa shape index (κ2) is 8.11. The first-order chi connectivity index (χ1) is 15.8. The third-order valence-electron chi connectivity index (χ3n) is 6.00. The highest BCUT2D eigenvalue weighted by molar-refractivity contribution is 7.91. The van der Waals surface area contributed by atoms with Gasteiger partial charge < -0.3 is 5.32 Å². The average Bonchev–Trinajstić information content (AvgIpc) is 3.38. The molecule has 1 fully saturated rings. The molecule has 3 heterocycles. The van der Waals surface area contributed by atoms with Gasteiger partial charge >= 0.3 is 0 Å². The zero-order valence-corrected chi connectivity index (χ0v) is 19.5. The Kier molecular flexibility index (Phi) is 5.24. The number of rotatable bonds is 6. The lowest BCUT2D eigenvalue weighted by atomic mass is 9.92. The molecule has 1 aromatic carbocycles. The van der Waals surface area contributed by atoms with Crippen molar-refractivity contribution >= 4 is 15.7 Å². The predicted octanol–water partition coefficient (Wildman–Crippen LogP) is 2.93. The Labute approximate surface area is 192 Å². The second-order valence-electron chi connectivity index (χ2n) is 8.61. The second-order valence-corrected chi connectivity index (χ2v) is 10.9. The molecule has 3 aromatic heterocycles. The molecule has 1 aliphatic carbocycles. The van der Waals surface area contributed by atoms with Crippen LogP contribution in [-0.2, 0) is 23.9 Å². The van der Waals surface area contributed by atoms with Gasteiger partial charge in [-0.05, 0) is 24.5 Å². The van der Waals surface area contributed by atoms with Crippen LogP contribution in [0.3, 0.4) is 0 Å². The summed E-state index contributed by atoms with van der Waals surface area (Å²) < 4.78 is 27.1. The van der Waals surface area contributed by atoms with Crippen LogP contribution < -0.4 is 5.32 Å². The van der Waals surface area contributed by atoms with Gasteiger partial charge in [-0.2, -0.15) is 10.2 Å². The molecule has 0 spiro atoms. The molecule has 1 saturated carbocycles. The van der Waals surface area contributed by atoms with Gasteiger partial charge in [-0.1, -0.05) is 18.2 Å². The molecule has 33 heavy (non-hydrogen) atoms. The molecule has 0 radical (unpaired) electrons. The van der Waals surface area contributed by atoms with Gasteiger partial charge in [0.05, 0.1) is 17.6 Å². The summed E-state index contributed by atoms with van der Waals surface area (Å²) in [5.74, 6) is 1.27. The summed E-state index contributed by atoms with van der Waals surface area (Å²) in [5, 5.41) is 11.7. The first-order valence-electron chi connectivity index (χ1n) is 10.7. The third kappa shape index (κ3) is 4.38. The van der Waals surface area contributed by atoms with E-state index in [0.717, 1.165) is 27.8 Å². The van der Waals surface area contributed by atoms with Gasteiger partial charge in [0.1, 0.15) is 15.7 Å². The van der Waals surface area contributed by atoms with E-state index in [4.69, 9.17) is 4.98 Å². The maximum atomic E-state index is 11.8. The van der Waals surface area contributed by atoms with Crippen molar-refractivity contribution in [1.82, 2.24) is 29.5 Å². The molecule has 5 rings (SSSR count). The monoisotopic (exact) mass is 463 g/mol. The van der Waals surface area contributed by atoms with Crippen LogP contribution in [0, 0.1) is 0 Å². The number of benzene rings is 1. The first-order valence-corrected chi connectivity index (χ1v) is 12.6. The van der Waals surface area contributed by atoms with Crippen LogP contribution in [0.2, 0.25) is 0 Å². The van der Waals surface area contributed by atoms with Crippen LogP contribution in [0.1, 0.15) is 12.8 Å². The fraction of sp³-hybridized carbons (Fsp3) is 0.304. The summed E-state index contributed by atoms with van der Waals surface area (Å²) in [6, 6.07) is 8.08. The van der Waals surface area contributed by atoms with Crippen molar-refractivity contribution < 1.29 is 8.42 Å². The fourth-order valence-electron chi connectivity index (χ4n) is 4.04. The zero-order valence-electron chi connectivity index (χ0n) is 18.7. The molecule has 0 aliphatic heterocycles. The maximum absolute atomic E-state index is 11.8. The number of hydrogen-bond acceptors (Lipinski definition) is 7. The Bertz CT molecular complexity index is 1420. The van der Waals surface area contributed by atoms with Crippen LogP contribution >= 0.6 is 0 Å². The molecule has 0 bridgehead atoms. The molecule has 9 nitrogen and oxygen atoms in total. The lowest BCUT2D eigenvalue weighted by Gasteiger charge is -2.35. The molecule has 0 unspecified atom stereocenters. The molecular formula is C23H25N7O2S. The number of nitrogens with one attached hydrogen (secondary N) is 1. The van der Waals surface area contributed by atoms with Gasteiger partial charge in [0, 0.05) is 67.2 Å². The predicted molar refractivity (Wildman–Crippen MR) is 127 cm³/mol. The Morgan fingerprint density at radius 2 is 1.61 bits per heavy atom. The summed E-state index contributed by atoms with van der Waals surface area (Å²) >= 11 is 0. The fourth-order valence-corrected chi connectivity index (χ4v) is 5.20. The van der Waals surface area contributed by atoms with E-state index in [1.54, 1.807) is 21.8 Å². The summed E-state index contributed by atoms with van der Waals surface area (Å²) in [6.07, 6.45) is 11.7. The molecule has 10 heteroatoms. The SMILES string of the molecule is Cn1cc(-c2cccc(-c3ncc(-c4cnn(C)c4)c(NC4CC(S(C)(=O)=O)C4)n3)c2)cn1. The number of sulfone groups is 1. The van der Waals surface area contributed by atoms with Gasteiger partial charge in [0.15, 0.2) is 5.82 Å². The quantitative estimate of drug-likeness (QED) is 0.468. The van der Waals surface area contributed by atoms with Crippen molar-refractivity contribution in [2.24, 2.45) is 14.1 Å². The van der Waals surface area contributed by atoms with Crippen LogP contribution in [0.25, 0.3) is 33.6 Å². The number of hydrogen-bond donors (Lipinski definition) is 1. The van der Waals surface area contributed by atoms with Crippen LogP contribution in [0.15, 0.2) is 55.2 Å². The molecular weight excluding hydrogens is 438 g/mol. The van der Waals surface area contributed by atoms with E-state index in [1.807, 2.05) is 57.0 Å². The number of aryl methyl sites for hydroxylation is 2. The summed E-state index contributed by atoms with van der Waals surface area (Å²) in [7, 11) is 0.725. The number of anilines is 1. The van der Waals surface area contributed by atoms with Gasteiger partial charge in [-0.25, -0.2) is 18.4 Å². The van der Waals surface area contributed by atoms with Gasteiger partial charge in [-0.15, -0.1) is 0 Å². The molecule has 0 saturated heterocycles. The summed E-state index contributed by atoms with van der Waals surface area (Å²) in [4.78, 5) is 9.48. The van der Waals surface area contributed by atoms with Crippen LogP contribution in [0.5, 0.6) is 0 Å². The molecule has 4 aromatic rings. The van der Waals surface area contributed by atoms with Crippen molar-refractivity contribution in [3.05, 3.63) is 55.2 Å². The molecule has 0 atom stereocenters. The van der Waals surface area contributed by atoms with E-state index in [-0.39, 0.29) is 11.3 Å². The van der Waals surface area contributed by atoms with Crippen LogP contribution in [-0.4, -0.2) is 55.5 Å². The lowest BCUT2D eigenvalue weighted by molar-refractivity contribution is 0.434. The Hall–Kier alpha value is -3.53. The lowest BCUT2D eigenvalue weighted by Crippen LogP contribution is -2.43. The van der Waals surface area contributed by atoms with Crippen molar-refractivity contribution in [3.63, 3.8) is 0 Å². The van der Waals surface area contributed by atoms with E-state index >= 15 is 0 Å². The van der Waals surface area contributed by atoms with Crippen molar-refractivity contribution in [2.75, 3.05) is 11.6 Å². The van der Waals surface area contributed by atoms with E-state index in [2.05, 4.69) is 20.5 Å². The van der Waals surface area contributed by atoms with Gasteiger partial charge in [-0.3, -0.25) is 9.36 Å². The molecule has 0 amide bonds. The van der Waals surface area contributed by atoms with E-state index < -0.39 is 9.84 Å². The molecule has 170 valence electrons. The van der Waals surface area contributed by atoms with Crippen molar-refractivity contribution in [2.45, 2.75) is 24.1 Å². The van der Waals surface area contributed by atoms with E-state index in [9.17, 15) is 8.42 Å². The number of aromatic nitrogens is 6. The Balaban J connectivity index is 1.49. The first kappa shape index (κ1) is 21.3. The largest absolute Gasteiger partial charge is 0.367 e. The highest BCUT2D eigenvalue weighted by Crippen LogP contribution is 2.34. The third-order valence-corrected chi connectivity index (χ3v) is 7.60.